The molecule has 0 fully saturated rings. The molecule has 0 radical (unpaired) electrons. The van der Waals surface area contributed by atoms with Crippen LogP contribution in [0.5, 0.6) is 0 Å². The summed E-state index contributed by atoms with van der Waals surface area (Å²) in [6.07, 6.45) is -0.492. The summed E-state index contributed by atoms with van der Waals surface area (Å²) in [6.45, 7) is 7.12. The molecule has 1 heterocycles. The van der Waals surface area contributed by atoms with E-state index in [1.165, 1.54) is 23.1 Å². The van der Waals surface area contributed by atoms with Crippen LogP contribution in [-0.2, 0) is 19.1 Å². The summed E-state index contributed by atoms with van der Waals surface area (Å²) in [7, 11) is 0. The molecule has 1 aromatic heterocycles. The Balaban J connectivity index is 2.14. The Labute approximate surface area is 149 Å². The molecule has 24 heavy (non-hydrogen) atoms. The fourth-order valence-corrected chi connectivity index (χ4v) is 4.24. The second-order valence-electron chi connectivity index (χ2n) is 5.78. The third kappa shape index (κ3) is 5.49. The van der Waals surface area contributed by atoms with E-state index in [9.17, 15) is 9.59 Å². The summed E-state index contributed by atoms with van der Waals surface area (Å²) in [5, 5.41) is -0.667. The van der Waals surface area contributed by atoms with Gasteiger partial charge in [0, 0.05) is 0 Å². The molecule has 1 aromatic carbocycles. The van der Waals surface area contributed by atoms with E-state index in [0.717, 1.165) is 14.6 Å². The van der Waals surface area contributed by atoms with Gasteiger partial charge in [0.05, 0.1) is 28.8 Å². The minimum absolute atomic E-state index is 0.0374. The van der Waals surface area contributed by atoms with E-state index in [1.807, 2.05) is 24.3 Å². The SMILES string of the molecule is CC(C)OC(=O)CC(Sc1nc2ccccc2s1)C(=O)OC(C)C. The summed E-state index contributed by atoms with van der Waals surface area (Å²) in [5.41, 5.74) is 0.880. The van der Waals surface area contributed by atoms with Crippen molar-refractivity contribution in [3.05, 3.63) is 24.3 Å². The Morgan fingerprint density at radius 3 is 2.42 bits per heavy atom. The average molecular weight is 367 g/mol. The number of rotatable bonds is 7. The van der Waals surface area contributed by atoms with Gasteiger partial charge in [0.25, 0.3) is 0 Å². The van der Waals surface area contributed by atoms with Crippen LogP contribution in [0.15, 0.2) is 28.6 Å². The summed E-state index contributed by atoms with van der Waals surface area (Å²) in [6, 6.07) is 7.76. The van der Waals surface area contributed by atoms with Crippen molar-refractivity contribution in [3.8, 4) is 0 Å². The number of hydrogen-bond donors (Lipinski definition) is 0. The smallest absolute Gasteiger partial charge is 0.320 e. The Bertz CT molecular complexity index is 678. The molecule has 7 heteroatoms. The van der Waals surface area contributed by atoms with Crippen LogP contribution in [0.3, 0.4) is 0 Å². The van der Waals surface area contributed by atoms with Crippen molar-refractivity contribution in [3.63, 3.8) is 0 Å². The van der Waals surface area contributed by atoms with Crippen LogP contribution in [0.1, 0.15) is 34.1 Å². The Kier molecular flexibility index (Phi) is 6.62. The van der Waals surface area contributed by atoms with Gasteiger partial charge in [0.15, 0.2) is 4.34 Å². The van der Waals surface area contributed by atoms with Gasteiger partial charge < -0.3 is 9.47 Å². The highest BCUT2D eigenvalue weighted by Gasteiger charge is 2.28. The Morgan fingerprint density at radius 2 is 1.79 bits per heavy atom. The molecule has 0 bridgehead atoms. The first-order valence-electron chi connectivity index (χ1n) is 7.77. The van der Waals surface area contributed by atoms with Crippen molar-refractivity contribution in [2.24, 2.45) is 0 Å². The molecule has 0 saturated heterocycles. The molecule has 1 atom stereocenters. The summed E-state index contributed by atoms with van der Waals surface area (Å²) < 4.78 is 12.2. The summed E-state index contributed by atoms with van der Waals surface area (Å²) >= 11 is 2.75. The van der Waals surface area contributed by atoms with Gasteiger partial charge in [-0.3, -0.25) is 9.59 Å². The van der Waals surface area contributed by atoms with Gasteiger partial charge in [-0.25, -0.2) is 4.98 Å². The van der Waals surface area contributed by atoms with Crippen LogP contribution in [0.2, 0.25) is 0 Å². The first-order valence-corrected chi connectivity index (χ1v) is 9.47. The van der Waals surface area contributed by atoms with Crippen molar-refractivity contribution in [2.75, 3.05) is 0 Å². The van der Waals surface area contributed by atoms with E-state index in [-0.39, 0.29) is 18.6 Å². The largest absolute Gasteiger partial charge is 0.463 e. The van der Waals surface area contributed by atoms with Gasteiger partial charge in [-0.05, 0) is 39.8 Å². The number of ether oxygens (including phenoxy) is 2. The maximum Gasteiger partial charge on any atom is 0.320 e. The van der Waals surface area contributed by atoms with Crippen LogP contribution in [0.4, 0.5) is 0 Å². The van der Waals surface area contributed by atoms with Crippen LogP contribution < -0.4 is 0 Å². The van der Waals surface area contributed by atoms with E-state index in [1.54, 1.807) is 27.7 Å². The zero-order chi connectivity index (χ0) is 17.7. The van der Waals surface area contributed by atoms with Gasteiger partial charge >= 0.3 is 11.9 Å². The highest BCUT2D eigenvalue weighted by atomic mass is 32.2. The van der Waals surface area contributed by atoms with Crippen molar-refractivity contribution in [1.29, 1.82) is 0 Å². The number of hydrogen-bond acceptors (Lipinski definition) is 7. The molecule has 0 aliphatic carbocycles. The topological polar surface area (TPSA) is 65.5 Å². The number of thioether (sulfide) groups is 1. The molecule has 2 rings (SSSR count). The third-order valence-electron chi connectivity index (χ3n) is 2.85. The van der Waals surface area contributed by atoms with Gasteiger partial charge in [-0.1, -0.05) is 23.9 Å². The van der Waals surface area contributed by atoms with Crippen molar-refractivity contribution in [2.45, 2.75) is 55.9 Å². The van der Waals surface area contributed by atoms with E-state index in [4.69, 9.17) is 9.47 Å². The van der Waals surface area contributed by atoms with Crippen molar-refractivity contribution in [1.82, 2.24) is 4.98 Å². The molecule has 2 aromatic rings. The average Bonchev–Trinajstić information content (AvgIpc) is 2.87. The highest BCUT2D eigenvalue weighted by Crippen LogP contribution is 2.33. The van der Waals surface area contributed by atoms with Crippen LogP contribution in [0, 0.1) is 0 Å². The van der Waals surface area contributed by atoms with Gasteiger partial charge in [0.2, 0.25) is 0 Å². The Morgan fingerprint density at radius 1 is 1.12 bits per heavy atom. The number of carbonyl (C=O) groups excluding carboxylic acids is 2. The number of aromatic nitrogens is 1. The lowest BCUT2D eigenvalue weighted by Gasteiger charge is -2.16. The fraction of sp³-hybridized carbons (Fsp3) is 0.471. The van der Waals surface area contributed by atoms with Gasteiger partial charge in [-0.15, -0.1) is 11.3 Å². The van der Waals surface area contributed by atoms with Gasteiger partial charge in [0.1, 0.15) is 5.25 Å². The quantitative estimate of drug-likeness (QED) is 0.543. The maximum atomic E-state index is 12.3. The molecule has 1 unspecified atom stereocenters. The van der Waals surface area contributed by atoms with Crippen LogP contribution in [-0.4, -0.2) is 34.4 Å². The number of esters is 2. The molecular weight excluding hydrogens is 346 g/mol. The summed E-state index contributed by atoms with van der Waals surface area (Å²) in [5.74, 6) is -0.834. The third-order valence-corrected chi connectivity index (χ3v) is 5.16. The molecule has 0 N–H and O–H groups in total. The van der Waals surface area contributed by atoms with Crippen LogP contribution in [0.25, 0.3) is 10.2 Å². The van der Waals surface area contributed by atoms with Crippen molar-refractivity contribution >= 4 is 45.3 Å². The molecule has 0 spiro atoms. The molecule has 5 nitrogen and oxygen atoms in total. The van der Waals surface area contributed by atoms with Crippen LogP contribution >= 0.6 is 23.1 Å². The second kappa shape index (κ2) is 8.48. The number of benzene rings is 1. The first kappa shape index (κ1) is 18.7. The molecular formula is C17H21NO4S2. The lowest BCUT2D eigenvalue weighted by atomic mass is 10.3. The number of fused-ring (bicyclic) bond motifs is 1. The minimum atomic E-state index is -0.667. The molecule has 0 saturated carbocycles. The molecule has 0 aliphatic rings. The second-order valence-corrected chi connectivity index (χ2v) is 8.26. The first-order chi connectivity index (χ1) is 11.3. The maximum absolute atomic E-state index is 12.3. The van der Waals surface area contributed by atoms with Crippen molar-refractivity contribution < 1.29 is 19.1 Å². The fourth-order valence-electron chi connectivity index (χ4n) is 1.97. The van der Waals surface area contributed by atoms with E-state index < -0.39 is 17.2 Å². The monoisotopic (exact) mass is 367 g/mol. The van der Waals surface area contributed by atoms with E-state index in [0.29, 0.717) is 0 Å². The predicted octanol–water partition coefficient (Wildman–Crippen LogP) is 4.05. The molecule has 0 aliphatic heterocycles. The number of carbonyl (C=O) groups is 2. The summed E-state index contributed by atoms with van der Waals surface area (Å²) in [4.78, 5) is 28.8. The van der Waals surface area contributed by atoms with E-state index in [2.05, 4.69) is 4.98 Å². The van der Waals surface area contributed by atoms with Gasteiger partial charge in [-0.2, -0.15) is 0 Å². The standard InChI is InChI=1S/C17H21NO4S2/c1-10(2)21-15(19)9-14(16(20)22-11(3)4)24-17-18-12-7-5-6-8-13(12)23-17/h5-8,10-11,14H,9H2,1-4H3. The Hall–Kier alpha value is -1.60. The number of nitrogens with zero attached hydrogens (tertiary/aromatic N) is 1. The zero-order valence-corrected chi connectivity index (χ0v) is 15.8. The number of thiazole rings is 1. The normalized spacial score (nSPS) is 12.6. The molecule has 130 valence electrons. The zero-order valence-electron chi connectivity index (χ0n) is 14.1. The molecule has 0 amide bonds. The highest BCUT2D eigenvalue weighted by molar-refractivity contribution is 8.02. The lowest BCUT2D eigenvalue weighted by molar-refractivity contribution is -0.153. The minimum Gasteiger partial charge on any atom is -0.463 e. The van der Waals surface area contributed by atoms with E-state index >= 15 is 0 Å². The predicted molar refractivity (Wildman–Crippen MR) is 96.3 cm³/mol. The number of para-hydroxylation sites is 1. The lowest BCUT2D eigenvalue weighted by Crippen LogP contribution is -2.27.